The van der Waals surface area contributed by atoms with E-state index in [9.17, 15) is 0 Å². The van der Waals surface area contributed by atoms with E-state index < -0.39 is 0 Å². The van der Waals surface area contributed by atoms with Crippen molar-refractivity contribution in [2.24, 2.45) is 0 Å². The van der Waals surface area contributed by atoms with E-state index in [4.69, 9.17) is 21.1 Å². The summed E-state index contributed by atoms with van der Waals surface area (Å²) in [4.78, 5) is 2.21. The Labute approximate surface area is 91.3 Å². The van der Waals surface area contributed by atoms with Crippen molar-refractivity contribution < 1.29 is 9.47 Å². The van der Waals surface area contributed by atoms with Gasteiger partial charge in [0.25, 0.3) is 0 Å². The standard InChI is InChI=1S/C10H20ClNO2/c1-12(6-9(11)8-13-2)7-10-4-3-5-14-10/h9-10H,3-8H2,1-2H3. The molecule has 0 N–H and O–H groups in total. The molecule has 4 heteroatoms. The van der Waals surface area contributed by atoms with E-state index in [0.29, 0.717) is 12.7 Å². The Kier molecular flexibility index (Phi) is 5.78. The minimum atomic E-state index is 0.0754. The van der Waals surface area contributed by atoms with Gasteiger partial charge in [0.05, 0.1) is 18.1 Å². The van der Waals surface area contributed by atoms with Gasteiger partial charge >= 0.3 is 0 Å². The molecular weight excluding hydrogens is 202 g/mol. The van der Waals surface area contributed by atoms with Gasteiger partial charge in [-0.1, -0.05) is 0 Å². The molecule has 0 amide bonds. The van der Waals surface area contributed by atoms with Gasteiger partial charge in [-0.3, -0.25) is 0 Å². The molecule has 0 spiro atoms. The van der Waals surface area contributed by atoms with E-state index in [0.717, 1.165) is 19.7 Å². The molecule has 3 nitrogen and oxygen atoms in total. The van der Waals surface area contributed by atoms with E-state index >= 15 is 0 Å². The second-order valence-electron chi connectivity index (χ2n) is 3.91. The molecule has 0 aromatic heterocycles. The lowest BCUT2D eigenvalue weighted by Gasteiger charge is -2.22. The highest BCUT2D eigenvalue weighted by Gasteiger charge is 2.18. The molecule has 1 fully saturated rings. The molecule has 14 heavy (non-hydrogen) atoms. The van der Waals surface area contributed by atoms with E-state index in [-0.39, 0.29) is 5.38 Å². The average Bonchev–Trinajstić information content (AvgIpc) is 2.56. The van der Waals surface area contributed by atoms with Gasteiger partial charge in [-0.2, -0.15) is 0 Å². The first-order valence-electron chi connectivity index (χ1n) is 5.15. The van der Waals surface area contributed by atoms with Crippen molar-refractivity contribution >= 4 is 11.6 Å². The van der Waals surface area contributed by atoms with E-state index in [1.54, 1.807) is 7.11 Å². The summed E-state index contributed by atoms with van der Waals surface area (Å²) >= 11 is 6.05. The van der Waals surface area contributed by atoms with Gasteiger partial charge in [0.15, 0.2) is 0 Å². The van der Waals surface area contributed by atoms with Crippen LogP contribution in [0, 0.1) is 0 Å². The highest BCUT2D eigenvalue weighted by atomic mass is 35.5. The van der Waals surface area contributed by atoms with Gasteiger partial charge in [0, 0.05) is 26.8 Å². The zero-order valence-corrected chi connectivity index (χ0v) is 9.79. The molecule has 84 valence electrons. The van der Waals surface area contributed by atoms with Crippen LogP contribution >= 0.6 is 11.6 Å². The molecule has 0 aromatic rings. The van der Waals surface area contributed by atoms with E-state index in [1.165, 1.54) is 12.8 Å². The number of likely N-dealkylation sites (N-methyl/N-ethyl adjacent to an activating group) is 1. The highest BCUT2D eigenvalue weighted by Crippen LogP contribution is 2.13. The Morgan fingerprint density at radius 2 is 2.43 bits per heavy atom. The largest absolute Gasteiger partial charge is 0.383 e. The van der Waals surface area contributed by atoms with Gasteiger partial charge in [-0.05, 0) is 19.9 Å². The first-order valence-corrected chi connectivity index (χ1v) is 5.59. The lowest BCUT2D eigenvalue weighted by Crippen LogP contribution is -2.34. The Morgan fingerprint density at radius 3 is 3.00 bits per heavy atom. The number of alkyl halides is 1. The minimum Gasteiger partial charge on any atom is -0.383 e. The van der Waals surface area contributed by atoms with E-state index in [2.05, 4.69) is 11.9 Å². The summed E-state index contributed by atoms with van der Waals surface area (Å²) in [6.07, 6.45) is 2.79. The van der Waals surface area contributed by atoms with Crippen LogP contribution < -0.4 is 0 Å². The molecule has 0 radical (unpaired) electrons. The third kappa shape index (κ3) is 4.60. The van der Waals surface area contributed by atoms with Crippen LogP contribution in [0.5, 0.6) is 0 Å². The van der Waals surface area contributed by atoms with Crippen LogP contribution in [0.15, 0.2) is 0 Å². The summed E-state index contributed by atoms with van der Waals surface area (Å²) in [6.45, 7) is 3.36. The monoisotopic (exact) mass is 221 g/mol. The number of halogens is 1. The van der Waals surface area contributed by atoms with Gasteiger partial charge in [-0.25, -0.2) is 0 Å². The maximum Gasteiger partial charge on any atom is 0.0702 e. The molecular formula is C10H20ClNO2. The van der Waals surface area contributed by atoms with Crippen LogP contribution in [-0.2, 0) is 9.47 Å². The summed E-state index contributed by atoms with van der Waals surface area (Å²) in [6, 6.07) is 0. The van der Waals surface area contributed by atoms with Crippen molar-refractivity contribution in [3.63, 3.8) is 0 Å². The molecule has 0 bridgehead atoms. The zero-order chi connectivity index (χ0) is 10.4. The van der Waals surface area contributed by atoms with Gasteiger partial charge in [0.1, 0.15) is 0 Å². The van der Waals surface area contributed by atoms with Gasteiger partial charge < -0.3 is 14.4 Å². The third-order valence-corrected chi connectivity index (χ3v) is 2.66. The predicted octanol–water partition coefficient (Wildman–Crippen LogP) is 1.35. The average molecular weight is 222 g/mol. The van der Waals surface area contributed by atoms with Crippen LogP contribution in [0.25, 0.3) is 0 Å². The number of methoxy groups -OCH3 is 1. The summed E-state index contributed by atoms with van der Waals surface area (Å²) in [5, 5.41) is 0.0754. The van der Waals surface area contributed by atoms with Crippen molar-refractivity contribution in [1.82, 2.24) is 4.90 Å². The number of nitrogens with zero attached hydrogens (tertiary/aromatic N) is 1. The molecule has 1 saturated heterocycles. The van der Waals surface area contributed by atoms with Crippen LogP contribution in [0.3, 0.4) is 0 Å². The second kappa shape index (κ2) is 6.62. The Balaban J connectivity index is 2.10. The van der Waals surface area contributed by atoms with Crippen molar-refractivity contribution in [3.05, 3.63) is 0 Å². The molecule has 2 unspecified atom stereocenters. The summed E-state index contributed by atoms with van der Waals surface area (Å²) in [5.41, 5.74) is 0. The van der Waals surface area contributed by atoms with Gasteiger partial charge in [0.2, 0.25) is 0 Å². The number of rotatable bonds is 6. The normalized spacial score (nSPS) is 24.4. The van der Waals surface area contributed by atoms with Crippen molar-refractivity contribution in [1.29, 1.82) is 0 Å². The third-order valence-electron chi connectivity index (χ3n) is 2.40. The van der Waals surface area contributed by atoms with Crippen LogP contribution in [-0.4, -0.2) is 56.8 Å². The summed E-state index contributed by atoms with van der Waals surface area (Å²) in [7, 11) is 3.75. The highest BCUT2D eigenvalue weighted by molar-refractivity contribution is 6.20. The number of hydrogen-bond donors (Lipinski definition) is 0. The van der Waals surface area contributed by atoms with E-state index in [1.807, 2.05) is 0 Å². The topological polar surface area (TPSA) is 21.7 Å². The number of hydrogen-bond acceptors (Lipinski definition) is 3. The first-order chi connectivity index (χ1) is 6.72. The maximum atomic E-state index is 6.05. The van der Waals surface area contributed by atoms with Crippen LogP contribution in [0.2, 0.25) is 0 Å². The Hall–Kier alpha value is 0.170. The quantitative estimate of drug-likeness (QED) is 0.633. The number of ether oxygens (including phenoxy) is 2. The zero-order valence-electron chi connectivity index (χ0n) is 9.04. The molecule has 1 aliphatic rings. The molecule has 0 saturated carbocycles. The fourth-order valence-electron chi connectivity index (χ4n) is 1.78. The van der Waals surface area contributed by atoms with Gasteiger partial charge in [-0.15, -0.1) is 11.6 Å². The molecule has 0 aromatic carbocycles. The summed E-state index contributed by atoms with van der Waals surface area (Å²) in [5.74, 6) is 0. The van der Waals surface area contributed by atoms with Crippen molar-refractivity contribution in [3.8, 4) is 0 Å². The molecule has 2 atom stereocenters. The second-order valence-corrected chi connectivity index (χ2v) is 4.53. The van der Waals surface area contributed by atoms with Crippen LogP contribution in [0.4, 0.5) is 0 Å². The summed E-state index contributed by atoms with van der Waals surface area (Å²) < 4.78 is 10.5. The Bertz CT molecular complexity index is 151. The Morgan fingerprint density at radius 1 is 1.64 bits per heavy atom. The lowest BCUT2D eigenvalue weighted by atomic mass is 10.2. The first kappa shape index (κ1) is 12.2. The van der Waals surface area contributed by atoms with Crippen LogP contribution in [0.1, 0.15) is 12.8 Å². The molecule has 1 heterocycles. The lowest BCUT2D eigenvalue weighted by molar-refractivity contribution is 0.0784. The SMILES string of the molecule is COCC(Cl)CN(C)CC1CCCO1. The molecule has 1 rings (SSSR count). The fraction of sp³-hybridized carbons (Fsp3) is 1.00. The predicted molar refractivity (Wildman–Crippen MR) is 58.0 cm³/mol. The smallest absolute Gasteiger partial charge is 0.0702 e. The fourth-order valence-corrected chi connectivity index (χ4v) is 2.14. The van der Waals surface area contributed by atoms with Crippen molar-refractivity contribution in [2.75, 3.05) is 40.5 Å². The maximum absolute atomic E-state index is 6.05. The molecule has 0 aliphatic carbocycles. The molecule has 1 aliphatic heterocycles. The minimum absolute atomic E-state index is 0.0754. The van der Waals surface area contributed by atoms with Crippen molar-refractivity contribution in [2.45, 2.75) is 24.3 Å².